The van der Waals surface area contributed by atoms with Crippen LogP contribution >= 0.6 is 11.3 Å². The molecular formula is C19H16F2OS. The van der Waals surface area contributed by atoms with Crippen LogP contribution in [0.4, 0.5) is 8.78 Å². The number of hydrogen-bond donors (Lipinski definition) is 0. The molecule has 0 N–H and O–H groups in total. The van der Waals surface area contributed by atoms with Crippen LogP contribution in [0.25, 0.3) is 20.2 Å². The molecule has 0 atom stereocenters. The van der Waals surface area contributed by atoms with E-state index in [-0.39, 0.29) is 17.4 Å². The number of thiophene rings is 1. The second-order valence-electron chi connectivity index (χ2n) is 5.97. The van der Waals surface area contributed by atoms with E-state index < -0.39 is 0 Å². The Morgan fingerprint density at radius 3 is 2.52 bits per heavy atom. The van der Waals surface area contributed by atoms with Gasteiger partial charge in [-0.2, -0.15) is 0 Å². The normalized spacial score (nSPS) is 14.7. The predicted molar refractivity (Wildman–Crippen MR) is 91.4 cm³/mol. The van der Waals surface area contributed by atoms with Crippen molar-refractivity contribution < 1.29 is 13.5 Å². The number of rotatable bonds is 3. The summed E-state index contributed by atoms with van der Waals surface area (Å²) in [6, 6.07) is 7.07. The van der Waals surface area contributed by atoms with E-state index in [2.05, 4.69) is 6.08 Å². The molecular weight excluding hydrogens is 314 g/mol. The molecule has 1 aromatic heterocycles. The lowest BCUT2D eigenvalue weighted by Gasteiger charge is -2.08. The van der Waals surface area contributed by atoms with Crippen LogP contribution in [0.5, 0.6) is 5.75 Å². The number of halogens is 2. The van der Waals surface area contributed by atoms with E-state index in [0.29, 0.717) is 21.6 Å². The molecule has 1 nitrogen and oxygen atoms in total. The zero-order chi connectivity index (χ0) is 16.0. The van der Waals surface area contributed by atoms with E-state index in [1.807, 2.05) is 12.1 Å². The molecule has 118 valence electrons. The molecule has 2 aromatic carbocycles. The molecule has 0 fully saturated rings. The van der Waals surface area contributed by atoms with Gasteiger partial charge in [0.15, 0.2) is 11.6 Å². The highest BCUT2D eigenvalue weighted by Crippen LogP contribution is 2.40. The van der Waals surface area contributed by atoms with Gasteiger partial charge in [-0.1, -0.05) is 18.2 Å². The van der Waals surface area contributed by atoms with E-state index in [9.17, 15) is 8.78 Å². The molecule has 1 heterocycles. The van der Waals surface area contributed by atoms with Crippen LogP contribution in [0, 0.1) is 18.6 Å². The molecule has 0 aliphatic heterocycles. The Morgan fingerprint density at radius 1 is 1.04 bits per heavy atom. The van der Waals surface area contributed by atoms with E-state index in [4.69, 9.17) is 4.74 Å². The highest BCUT2D eigenvalue weighted by molar-refractivity contribution is 7.25. The van der Waals surface area contributed by atoms with E-state index >= 15 is 0 Å². The van der Waals surface area contributed by atoms with Crippen LogP contribution in [-0.2, 0) is 0 Å². The molecule has 23 heavy (non-hydrogen) atoms. The molecule has 4 heteroatoms. The Balaban J connectivity index is 1.78. The first-order valence-corrected chi connectivity index (χ1v) is 8.57. The standard InChI is InChI=1S/C19H16F2OS/c1-11-6-7-13-14-8-9-15(22-10-12-4-2-3-5-12)17(21)19(14)23-18(13)16(11)20/h4,6-9H,2-3,5,10H2,1H3. The number of hydrogen-bond acceptors (Lipinski definition) is 2. The summed E-state index contributed by atoms with van der Waals surface area (Å²) in [5, 5.41) is 1.51. The minimum Gasteiger partial charge on any atom is -0.486 e. The van der Waals surface area contributed by atoms with Crippen LogP contribution in [0.3, 0.4) is 0 Å². The van der Waals surface area contributed by atoms with Gasteiger partial charge in [0.2, 0.25) is 0 Å². The third-order valence-corrected chi connectivity index (χ3v) is 5.60. The maximum Gasteiger partial charge on any atom is 0.182 e. The molecule has 4 rings (SSSR count). The lowest BCUT2D eigenvalue weighted by molar-refractivity contribution is 0.331. The molecule has 0 spiro atoms. The summed E-state index contributed by atoms with van der Waals surface area (Å²) in [5.41, 5.74) is 1.80. The van der Waals surface area contributed by atoms with Gasteiger partial charge in [0.05, 0.1) is 9.40 Å². The second kappa shape index (κ2) is 5.60. The summed E-state index contributed by atoms with van der Waals surface area (Å²) in [6.07, 6.45) is 5.41. The third kappa shape index (κ3) is 2.41. The number of benzene rings is 2. The maximum atomic E-state index is 14.8. The Bertz CT molecular complexity index is 940. The van der Waals surface area contributed by atoms with Gasteiger partial charge in [-0.05, 0) is 49.5 Å². The maximum absolute atomic E-state index is 14.8. The van der Waals surface area contributed by atoms with Crippen LogP contribution in [0.1, 0.15) is 24.8 Å². The molecule has 0 amide bonds. The number of allylic oxidation sites excluding steroid dienone is 1. The molecule has 0 unspecified atom stereocenters. The van der Waals surface area contributed by atoms with Crippen LogP contribution in [0.15, 0.2) is 35.9 Å². The van der Waals surface area contributed by atoms with Crippen LogP contribution in [0.2, 0.25) is 0 Å². The smallest absolute Gasteiger partial charge is 0.182 e. The number of aryl methyl sites for hydroxylation is 1. The quantitative estimate of drug-likeness (QED) is 0.525. The van der Waals surface area contributed by atoms with Gasteiger partial charge >= 0.3 is 0 Å². The molecule has 1 aliphatic carbocycles. The third-order valence-electron chi connectivity index (χ3n) is 4.39. The Morgan fingerprint density at radius 2 is 1.78 bits per heavy atom. The fourth-order valence-electron chi connectivity index (χ4n) is 3.07. The van der Waals surface area contributed by atoms with Crippen molar-refractivity contribution in [1.82, 2.24) is 0 Å². The average Bonchev–Trinajstić information content (AvgIpc) is 3.18. The Kier molecular flexibility index (Phi) is 3.57. The van der Waals surface area contributed by atoms with Crippen molar-refractivity contribution in [1.29, 1.82) is 0 Å². The van der Waals surface area contributed by atoms with Crippen molar-refractivity contribution in [2.24, 2.45) is 0 Å². The highest BCUT2D eigenvalue weighted by atomic mass is 32.1. The van der Waals surface area contributed by atoms with Crippen molar-refractivity contribution in [2.75, 3.05) is 6.61 Å². The summed E-state index contributed by atoms with van der Waals surface area (Å²) in [6.45, 7) is 2.15. The van der Waals surface area contributed by atoms with Gasteiger partial charge in [-0.25, -0.2) is 8.78 Å². The minimum atomic E-state index is -0.389. The summed E-state index contributed by atoms with van der Waals surface area (Å²) >= 11 is 1.16. The van der Waals surface area contributed by atoms with Gasteiger partial charge < -0.3 is 4.74 Å². The van der Waals surface area contributed by atoms with E-state index in [1.165, 1.54) is 5.57 Å². The molecule has 0 saturated heterocycles. The van der Waals surface area contributed by atoms with E-state index in [1.54, 1.807) is 19.1 Å². The Labute approximate surface area is 137 Å². The van der Waals surface area contributed by atoms with Gasteiger partial charge in [0, 0.05) is 10.8 Å². The van der Waals surface area contributed by atoms with Gasteiger partial charge in [-0.3, -0.25) is 0 Å². The van der Waals surface area contributed by atoms with Crippen molar-refractivity contribution in [3.05, 3.63) is 53.1 Å². The predicted octanol–water partition coefficient (Wildman–Crippen LogP) is 6.13. The molecule has 0 radical (unpaired) electrons. The van der Waals surface area contributed by atoms with Gasteiger partial charge in [-0.15, -0.1) is 11.3 Å². The summed E-state index contributed by atoms with van der Waals surface area (Å²) < 4.78 is 35.6. The number of ether oxygens (including phenoxy) is 1. The van der Waals surface area contributed by atoms with Crippen LogP contribution < -0.4 is 4.74 Å². The molecule has 3 aromatic rings. The first kappa shape index (κ1) is 14.6. The van der Waals surface area contributed by atoms with Crippen molar-refractivity contribution in [3.8, 4) is 5.75 Å². The van der Waals surface area contributed by atoms with Crippen LogP contribution in [-0.4, -0.2) is 6.61 Å². The summed E-state index contributed by atoms with van der Waals surface area (Å²) in [7, 11) is 0. The zero-order valence-electron chi connectivity index (χ0n) is 12.8. The highest BCUT2D eigenvalue weighted by Gasteiger charge is 2.17. The fraction of sp³-hybridized carbons (Fsp3) is 0.263. The average molecular weight is 330 g/mol. The number of fused-ring (bicyclic) bond motifs is 3. The lowest BCUT2D eigenvalue weighted by atomic mass is 10.1. The minimum absolute atomic E-state index is 0.244. The molecule has 1 aliphatic rings. The Hall–Kier alpha value is -1.94. The SMILES string of the molecule is Cc1ccc2c(sc3c(F)c(OCC4=CCCC4)ccc32)c1F. The van der Waals surface area contributed by atoms with Crippen molar-refractivity contribution >= 4 is 31.5 Å². The zero-order valence-corrected chi connectivity index (χ0v) is 13.6. The topological polar surface area (TPSA) is 9.23 Å². The van der Waals surface area contributed by atoms with Crippen molar-refractivity contribution in [2.45, 2.75) is 26.2 Å². The fourth-order valence-corrected chi connectivity index (χ4v) is 4.29. The summed E-state index contributed by atoms with van der Waals surface area (Å²) in [5.74, 6) is -0.407. The van der Waals surface area contributed by atoms with Gasteiger partial charge in [0.25, 0.3) is 0 Å². The summed E-state index contributed by atoms with van der Waals surface area (Å²) in [4.78, 5) is 0. The van der Waals surface area contributed by atoms with E-state index in [0.717, 1.165) is 41.4 Å². The van der Waals surface area contributed by atoms with Gasteiger partial charge in [0.1, 0.15) is 12.4 Å². The largest absolute Gasteiger partial charge is 0.486 e. The first-order chi connectivity index (χ1) is 11.1. The molecule has 0 bridgehead atoms. The molecule has 0 saturated carbocycles. The lowest BCUT2D eigenvalue weighted by Crippen LogP contribution is -2.01. The first-order valence-electron chi connectivity index (χ1n) is 7.75. The van der Waals surface area contributed by atoms with Crippen molar-refractivity contribution in [3.63, 3.8) is 0 Å². The monoisotopic (exact) mass is 330 g/mol. The second-order valence-corrected chi connectivity index (χ2v) is 6.99.